The Kier molecular flexibility index (Phi) is 21.4. The van der Waals surface area contributed by atoms with Gasteiger partial charge in [-0.15, -0.1) is 0 Å². The highest BCUT2D eigenvalue weighted by atomic mass is 16.2. The molecule has 6 atom stereocenters. The van der Waals surface area contributed by atoms with Crippen LogP contribution in [0.5, 0.6) is 0 Å². The van der Waals surface area contributed by atoms with Crippen LogP contribution in [0.3, 0.4) is 0 Å². The van der Waals surface area contributed by atoms with Gasteiger partial charge in [0.15, 0.2) is 0 Å². The van der Waals surface area contributed by atoms with Crippen LogP contribution in [-0.2, 0) is 28.8 Å². The van der Waals surface area contributed by atoms with E-state index < -0.39 is 54.0 Å². The highest BCUT2D eigenvalue weighted by Crippen LogP contribution is 2.21. The molecule has 0 aliphatic heterocycles. The molecule has 0 aliphatic rings. The first-order valence-electron chi connectivity index (χ1n) is 19.3. The summed E-state index contributed by atoms with van der Waals surface area (Å²) >= 11 is 0. The Morgan fingerprint density at radius 3 is 1.19 bits per heavy atom. The maximum Gasteiger partial charge on any atom is 0.246 e. The molecule has 0 unspecified atom stereocenters. The smallest absolute Gasteiger partial charge is 0.246 e. The zero-order valence-electron chi connectivity index (χ0n) is 35.5. The maximum absolute atomic E-state index is 14.2. The topological polar surface area (TPSA) is 160 Å². The van der Waals surface area contributed by atoms with Crippen molar-refractivity contribution in [3.8, 4) is 0 Å². The average Bonchev–Trinajstić information content (AvgIpc) is 3.03. The molecule has 0 rings (SSSR count). The van der Waals surface area contributed by atoms with E-state index in [0.717, 1.165) is 19.3 Å². The summed E-state index contributed by atoms with van der Waals surface area (Å²) in [5, 5.41) is 11.8. The normalized spacial score (nSPS) is 15.3. The van der Waals surface area contributed by atoms with Gasteiger partial charge in [-0.25, -0.2) is 0 Å². The van der Waals surface area contributed by atoms with Crippen molar-refractivity contribution in [2.24, 2.45) is 35.5 Å². The monoisotopic (exact) mass is 738 g/mol. The first-order valence-corrected chi connectivity index (χ1v) is 19.3. The second-order valence-corrected chi connectivity index (χ2v) is 16.4. The molecule has 6 amide bonds. The Labute approximate surface area is 315 Å². The molecule has 0 heterocycles. The number of carbonyl (C=O) groups excluding carboxylic acids is 6. The number of likely N-dealkylation sites (N-methyl/N-ethyl adjacent to an activating group) is 4. The summed E-state index contributed by atoms with van der Waals surface area (Å²) in [6.07, 6.45) is 2.87. The SMILES string of the molecule is CCCCCNC(=O)[C@H](C(C)C)N(C)C(=O)[C@H](C(C)C)N(C)C(=O)[C@@H](NC(=O)[C@H](C(C)C)N(C)C(=O)[C@@H](NC(=O)[C@@H](NC)C(C)C)C(C)C)C(C)C. The average molecular weight is 738 g/mol. The molecule has 0 aliphatic carbocycles. The zero-order valence-corrected chi connectivity index (χ0v) is 35.5. The molecule has 13 nitrogen and oxygen atoms in total. The van der Waals surface area contributed by atoms with Crippen LogP contribution in [0.25, 0.3) is 0 Å². The standard InChI is InChI=1S/C39H75N7O6/c1-18-19-20-21-41-35(48)31(25(8)9)45(16)39(52)33(27(12)13)46(17)38(51)30(24(6)7)43-36(49)32(26(10)11)44(15)37(50)29(23(4)5)42-34(47)28(40-14)22(2)3/h22-33,40H,18-21H2,1-17H3,(H,41,48)(H,42,47)(H,43,49)/t28-,29-,30-,31-,32-,33-/m0/s1. The highest BCUT2D eigenvalue weighted by molar-refractivity contribution is 5.97. The van der Waals surface area contributed by atoms with Gasteiger partial charge < -0.3 is 36.0 Å². The Balaban J connectivity index is 6.34. The molecule has 0 radical (unpaired) electrons. The molecule has 13 heteroatoms. The highest BCUT2D eigenvalue weighted by Gasteiger charge is 2.42. The van der Waals surface area contributed by atoms with Crippen LogP contribution in [-0.4, -0.2) is 121 Å². The summed E-state index contributed by atoms with van der Waals surface area (Å²) in [4.78, 5) is 86.8. The van der Waals surface area contributed by atoms with Crippen LogP contribution in [0.4, 0.5) is 0 Å². The lowest BCUT2D eigenvalue weighted by Gasteiger charge is -2.39. The lowest BCUT2D eigenvalue weighted by molar-refractivity contribution is -0.152. The molecule has 0 saturated carbocycles. The van der Waals surface area contributed by atoms with E-state index in [4.69, 9.17) is 0 Å². The van der Waals surface area contributed by atoms with Crippen molar-refractivity contribution in [2.45, 2.75) is 146 Å². The fraction of sp³-hybridized carbons (Fsp3) is 0.846. The molecular formula is C39H75N7O6. The molecule has 0 spiro atoms. The van der Waals surface area contributed by atoms with E-state index in [0.29, 0.717) is 6.54 Å². The molecule has 0 aromatic rings. The van der Waals surface area contributed by atoms with E-state index in [2.05, 4.69) is 28.2 Å². The van der Waals surface area contributed by atoms with Crippen LogP contribution in [0.1, 0.15) is 109 Å². The first-order chi connectivity index (χ1) is 24.0. The number of unbranched alkanes of at least 4 members (excludes halogenated alkanes) is 2. The lowest BCUT2D eigenvalue weighted by Crippen LogP contribution is -2.63. The first kappa shape index (κ1) is 48.8. The van der Waals surface area contributed by atoms with E-state index >= 15 is 0 Å². The molecule has 0 aromatic heterocycles. The number of rotatable bonds is 22. The van der Waals surface area contributed by atoms with Gasteiger partial charge in [0.25, 0.3) is 0 Å². The van der Waals surface area contributed by atoms with Gasteiger partial charge in [0.2, 0.25) is 35.4 Å². The Morgan fingerprint density at radius 1 is 0.462 bits per heavy atom. The number of amides is 6. The van der Waals surface area contributed by atoms with Crippen LogP contribution >= 0.6 is 0 Å². The van der Waals surface area contributed by atoms with Gasteiger partial charge >= 0.3 is 0 Å². The molecule has 0 saturated heterocycles. The largest absolute Gasteiger partial charge is 0.354 e. The molecule has 0 fully saturated rings. The number of hydrogen-bond acceptors (Lipinski definition) is 7. The van der Waals surface area contributed by atoms with Crippen molar-refractivity contribution in [1.82, 2.24) is 36.0 Å². The van der Waals surface area contributed by atoms with Crippen LogP contribution < -0.4 is 21.3 Å². The zero-order chi connectivity index (χ0) is 40.8. The summed E-state index contributed by atoms with van der Waals surface area (Å²) < 4.78 is 0. The molecule has 302 valence electrons. The van der Waals surface area contributed by atoms with Crippen molar-refractivity contribution < 1.29 is 28.8 Å². The van der Waals surface area contributed by atoms with E-state index in [9.17, 15) is 28.8 Å². The van der Waals surface area contributed by atoms with Gasteiger partial charge in [0.05, 0.1) is 6.04 Å². The van der Waals surface area contributed by atoms with Crippen LogP contribution in [0.2, 0.25) is 0 Å². The van der Waals surface area contributed by atoms with Gasteiger partial charge in [-0.2, -0.15) is 0 Å². The van der Waals surface area contributed by atoms with Crippen molar-refractivity contribution in [1.29, 1.82) is 0 Å². The Bertz CT molecular complexity index is 1170. The third kappa shape index (κ3) is 13.6. The van der Waals surface area contributed by atoms with Crippen molar-refractivity contribution in [2.75, 3.05) is 34.7 Å². The van der Waals surface area contributed by atoms with Gasteiger partial charge in [-0.3, -0.25) is 28.8 Å². The van der Waals surface area contributed by atoms with Gasteiger partial charge in [0, 0.05) is 27.7 Å². The van der Waals surface area contributed by atoms with E-state index in [1.54, 1.807) is 28.2 Å². The molecule has 52 heavy (non-hydrogen) atoms. The maximum atomic E-state index is 14.2. The van der Waals surface area contributed by atoms with E-state index in [1.165, 1.54) is 14.7 Å². The second kappa shape index (κ2) is 22.8. The summed E-state index contributed by atoms with van der Waals surface area (Å²) in [5.74, 6) is -3.72. The number of hydrogen-bond donors (Lipinski definition) is 4. The molecule has 0 aromatic carbocycles. The van der Waals surface area contributed by atoms with E-state index in [1.807, 2.05) is 83.1 Å². The fourth-order valence-corrected chi connectivity index (χ4v) is 6.78. The molecule has 4 N–H and O–H groups in total. The predicted octanol–water partition coefficient (Wildman–Crippen LogP) is 3.27. The number of nitrogens with one attached hydrogen (secondary N) is 4. The van der Waals surface area contributed by atoms with Crippen molar-refractivity contribution in [3.05, 3.63) is 0 Å². The third-order valence-electron chi connectivity index (χ3n) is 9.78. The summed E-state index contributed by atoms with van der Waals surface area (Å²) in [6.45, 7) is 24.8. The van der Waals surface area contributed by atoms with Gasteiger partial charge in [-0.05, 0) is 49.0 Å². The molecular weight excluding hydrogens is 662 g/mol. The third-order valence-corrected chi connectivity index (χ3v) is 9.78. The fourth-order valence-electron chi connectivity index (χ4n) is 6.78. The minimum atomic E-state index is -1.01. The quantitative estimate of drug-likeness (QED) is 0.124. The van der Waals surface area contributed by atoms with Crippen LogP contribution in [0, 0.1) is 35.5 Å². The van der Waals surface area contributed by atoms with Crippen molar-refractivity contribution >= 4 is 35.4 Å². The summed E-state index contributed by atoms with van der Waals surface area (Å²) in [7, 11) is 6.39. The second-order valence-electron chi connectivity index (χ2n) is 16.4. The predicted molar refractivity (Wildman–Crippen MR) is 208 cm³/mol. The van der Waals surface area contributed by atoms with E-state index in [-0.39, 0.29) is 53.2 Å². The van der Waals surface area contributed by atoms with Crippen molar-refractivity contribution in [3.63, 3.8) is 0 Å². The minimum Gasteiger partial charge on any atom is -0.354 e. The van der Waals surface area contributed by atoms with Crippen LogP contribution in [0.15, 0.2) is 0 Å². The lowest BCUT2D eigenvalue weighted by atomic mass is 9.94. The number of carbonyl (C=O) groups is 6. The van der Waals surface area contributed by atoms with Gasteiger partial charge in [-0.1, -0.05) is 103 Å². The summed E-state index contributed by atoms with van der Waals surface area (Å²) in [5.41, 5.74) is 0. The van der Waals surface area contributed by atoms with Gasteiger partial charge in [0.1, 0.15) is 30.2 Å². The Hall–Kier alpha value is -3.22. The minimum absolute atomic E-state index is 0.00842. The molecule has 0 bridgehead atoms. The Morgan fingerprint density at radius 2 is 0.827 bits per heavy atom. The summed E-state index contributed by atoms with van der Waals surface area (Å²) in [6, 6.07) is -4.97. The number of nitrogens with zero attached hydrogens (tertiary/aromatic N) is 3.